The summed E-state index contributed by atoms with van der Waals surface area (Å²) in [6, 6.07) is 18.2. The quantitative estimate of drug-likeness (QED) is 0.458. The lowest BCUT2D eigenvalue weighted by Gasteiger charge is -2.19. The average Bonchev–Trinajstić information content (AvgIpc) is 3.27. The fourth-order valence-corrected chi connectivity index (χ4v) is 4.25. The second kappa shape index (κ2) is 8.72. The van der Waals surface area contributed by atoms with Crippen LogP contribution in [0.2, 0.25) is 0 Å². The van der Waals surface area contributed by atoms with Crippen LogP contribution in [0.3, 0.4) is 0 Å². The van der Waals surface area contributed by atoms with Crippen LogP contribution >= 0.6 is 0 Å². The van der Waals surface area contributed by atoms with Gasteiger partial charge in [0.1, 0.15) is 0 Å². The number of benzene rings is 3. The van der Waals surface area contributed by atoms with Crippen molar-refractivity contribution in [2.24, 2.45) is 5.10 Å². The van der Waals surface area contributed by atoms with Crippen LogP contribution in [0.15, 0.2) is 76.7 Å². The number of carbonyl (C=O) groups excluding carboxylic acids is 1. The molecule has 0 atom stereocenters. The van der Waals surface area contributed by atoms with Gasteiger partial charge in [0, 0.05) is 12.6 Å². The number of rotatable bonds is 6. The number of amides is 1. The third kappa shape index (κ3) is 4.42. The molecule has 1 amide bonds. The highest BCUT2D eigenvalue weighted by Crippen LogP contribution is 2.32. The smallest absolute Gasteiger partial charge is 0.271 e. The Morgan fingerprint density at radius 1 is 1.00 bits per heavy atom. The summed E-state index contributed by atoms with van der Waals surface area (Å²) in [6.45, 7) is 2.08. The molecule has 0 fully saturated rings. The minimum Gasteiger partial charge on any atom is -0.454 e. The molecule has 0 aliphatic carbocycles. The van der Waals surface area contributed by atoms with E-state index in [1.54, 1.807) is 66.7 Å². The molecule has 8 nitrogen and oxygen atoms in total. The molecule has 1 heterocycles. The molecule has 32 heavy (non-hydrogen) atoms. The highest BCUT2D eigenvalue weighted by atomic mass is 32.2. The molecule has 0 radical (unpaired) electrons. The topological polar surface area (TPSA) is 97.3 Å². The van der Waals surface area contributed by atoms with Crippen molar-refractivity contribution < 1.29 is 22.7 Å². The van der Waals surface area contributed by atoms with E-state index in [2.05, 4.69) is 10.5 Å². The van der Waals surface area contributed by atoms with Gasteiger partial charge in [-0.3, -0.25) is 9.10 Å². The molecule has 0 aromatic heterocycles. The Labute approximate surface area is 186 Å². The number of fused-ring (bicyclic) bond motifs is 1. The van der Waals surface area contributed by atoms with E-state index < -0.39 is 15.9 Å². The minimum atomic E-state index is -3.70. The van der Waals surface area contributed by atoms with Crippen molar-refractivity contribution in [3.8, 4) is 11.5 Å². The molecule has 0 saturated carbocycles. The zero-order valence-corrected chi connectivity index (χ0v) is 18.3. The number of ether oxygens (including phenoxy) is 2. The van der Waals surface area contributed by atoms with E-state index >= 15 is 0 Å². The maximum Gasteiger partial charge on any atom is 0.271 e. The first kappa shape index (κ1) is 21.4. The number of hydrogen-bond acceptors (Lipinski definition) is 6. The van der Waals surface area contributed by atoms with Gasteiger partial charge in [-0.25, -0.2) is 13.8 Å². The minimum absolute atomic E-state index is 0.185. The summed E-state index contributed by atoms with van der Waals surface area (Å²) in [4.78, 5) is 12.6. The van der Waals surface area contributed by atoms with Crippen LogP contribution in [0, 0.1) is 6.92 Å². The number of carbonyl (C=O) groups is 1. The Morgan fingerprint density at radius 3 is 2.41 bits per heavy atom. The summed E-state index contributed by atoms with van der Waals surface area (Å²) in [5.74, 6) is 0.874. The van der Waals surface area contributed by atoms with Crippen molar-refractivity contribution in [2.45, 2.75) is 11.8 Å². The molecule has 1 N–H and O–H groups in total. The zero-order chi connectivity index (χ0) is 22.7. The molecule has 0 bridgehead atoms. The number of sulfonamides is 1. The summed E-state index contributed by atoms with van der Waals surface area (Å²) in [7, 11) is -2.23. The molecule has 0 unspecified atom stereocenters. The summed E-state index contributed by atoms with van der Waals surface area (Å²) in [5, 5.41) is 3.96. The molecule has 0 saturated heterocycles. The third-order valence-electron chi connectivity index (χ3n) is 4.95. The van der Waals surface area contributed by atoms with Crippen molar-refractivity contribution in [1.29, 1.82) is 0 Å². The van der Waals surface area contributed by atoms with Crippen LogP contribution in [0.25, 0.3) is 0 Å². The number of nitrogens with one attached hydrogen (secondary N) is 1. The van der Waals surface area contributed by atoms with E-state index in [-0.39, 0.29) is 11.7 Å². The molecule has 1 aliphatic heterocycles. The highest BCUT2D eigenvalue weighted by molar-refractivity contribution is 7.92. The highest BCUT2D eigenvalue weighted by Gasteiger charge is 2.21. The maximum atomic E-state index is 12.8. The maximum absolute atomic E-state index is 12.8. The first-order valence-electron chi connectivity index (χ1n) is 9.73. The van der Waals surface area contributed by atoms with Gasteiger partial charge in [0.15, 0.2) is 11.5 Å². The number of nitrogens with zero attached hydrogens (tertiary/aromatic N) is 2. The van der Waals surface area contributed by atoms with Crippen LogP contribution in [-0.4, -0.2) is 34.4 Å². The molecule has 164 valence electrons. The van der Waals surface area contributed by atoms with E-state index in [4.69, 9.17) is 9.47 Å². The van der Waals surface area contributed by atoms with Crippen molar-refractivity contribution in [2.75, 3.05) is 18.1 Å². The van der Waals surface area contributed by atoms with Gasteiger partial charge < -0.3 is 9.47 Å². The number of anilines is 1. The zero-order valence-electron chi connectivity index (χ0n) is 17.5. The molecule has 9 heteroatoms. The molecular weight excluding hydrogens is 430 g/mol. The van der Waals surface area contributed by atoms with E-state index in [1.807, 2.05) is 6.92 Å². The van der Waals surface area contributed by atoms with Crippen LogP contribution in [-0.2, 0) is 10.0 Å². The summed E-state index contributed by atoms with van der Waals surface area (Å²) < 4.78 is 37.4. The third-order valence-corrected chi connectivity index (χ3v) is 6.75. The summed E-state index contributed by atoms with van der Waals surface area (Å²) >= 11 is 0. The summed E-state index contributed by atoms with van der Waals surface area (Å²) in [6.07, 6.45) is 1.50. The Hall–Kier alpha value is -3.85. The van der Waals surface area contributed by atoms with E-state index in [1.165, 1.54) is 17.6 Å². The monoisotopic (exact) mass is 451 g/mol. The SMILES string of the molecule is Cc1ccc(S(=O)(=O)N(C)c2ccc(C(=O)N/N=C\c3ccc4c(c3)OCO4)cc2)cc1. The van der Waals surface area contributed by atoms with Crippen LogP contribution in [0.4, 0.5) is 5.69 Å². The van der Waals surface area contributed by atoms with Crippen molar-refractivity contribution in [3.05, 3.63) is 83.4 Å². The fraction of sp³-hybridized carbons (Fsp3) is 0.130. The van der Waals surface area contributed by atoms with Gasteiger partial charge in [-0.2, -0.15) is 5.10 Å². The van der Waals surface area contributed by atoms with Crippen LogP contribution in [0.5, 0.6) is 11.5 Å². The van der Waals surface area contributed by atoms with E-state index in [0.717, 1.165) is 11.1 Å². The number of hydrogen-bond donors (Lipinski definition) is 1. The van der Waals surface area contributed by atoms with Gasteiger partial charge in [0.25, 0.3) is 15.9 Å². The first-order valence-corrected chi connectivity index (χ1v) is 11.2. The van der Waals surface area contributed by atoms with E-state index in [0.29, 0.717) is 22.7 Å². The van der Waals surface area contributed by atoms with Crippen molar-refractivity contribution >= 4 is 27.8 Å². The second-order valence-corrected chi connectivity index (χ2v) is 9.11. The Morgan fingerprint density at radius 2 is 1.69 bits per heavy atom. The average molecular weight is 452 g/mol. The predicted molar refractivity (Wildman–Crippen MR) is 121 cm³/mol. The second-order valence-electron chi connectivity index (χ2n) is 7.14. The Balaban J connectivity index is 1.41. The van der Waals surface area contributed by atoms with Gasteiger partial charge >= 0.3 is 0 Å². The van der Waals surface area contributed by atoms with Crippen LogP contribution < -0.4 is 19.2 Å². The number of hydrazone groups is 1. The Bertz CT molecular complexity index is 1270. The molecule has 3 aromatic rings. The Kier molecular flexibility index (Phi) is 5.83. The van der Waals surface area contributed by atoms with Crippen molar-refractivity contribution in [1.82, 2.24) is 5.43 Å². The standard InChI is InChI=1S/C23H21N3O5S/c1-16-3-10-20(11-4-16)32(28,29)26(2)19-8-6-18(7-9-19)23(27)25-24-14-17-5-12-21-22(13-17)31-15-30-21/h3-14H,15H2,1-2H3,(H,25,27)/b24-14-. The predicted octanol–water partition coefficient (Wildman–Crippen LogP) is 3.31. The lowest BCUT2D eigenvalue weighted by atomic mass is 10.2. The van der Waals surface area contributed by atoms with Gasteiger partial charge in [-0.1, -0.05) is 17.7 Å². The summed E-state index contributed by atoms with van der Waals surface area (Å²) in [5.41, 5.74) is 4.95. The fourth-order valence-electron chi connectivity index (χ4n) is 3.05. The first-order chi connectivity index (χ1) is 15.3. The molecule has 0 spiro atoms. The number of aryl methyl sites for hydroxylation is 1. The van der Waals surface area contributed by atoms with E-state index in [9.17, 15) is 13.2 Å². The largest absolute Gasteiger partial charge is 0.454 e. The molecule has 4 rings (SSSR count). The lowest BCUT2D eigenvalue weighted by molar-refractivity contribution is 0.0955. The van der Waals surface area contributed by atoms with Gasteiger partial charge in [-0.15, -0.1) is 0 Å². The van der Waals surface area contributed by atoms with Gasteiger partial charge in [-0.05, 0) is 67.1 Å². The van der Waals surface area contributed by atoms with Crippen molar-refractivity contribution in [3.63, 3.8) is 0 Å². The molecule has 1 aliphatic rings. The normalized spacial score (nSPS) is 12.7. The van der Waals surface area contributed by atoms with Gasteiger partial charge in [0.05, 0.1) is 16.8 Å². The molecule has 3 aromatic carbocycles. The molecular formula is C23H21N3O5S. The van der Waals surface area contributed by atoms with Crippen LogP contribution in [0.1, 0.15) is 21.5 Å². The lowest BCUT2D eigenvalue weighted by Crippen LogP contribution is -2.26. The van der Waals surface area contributed by atoms with Gasteiger partial charge in [0.2, 0.25) is 6.79 Å².